The Morgan fingerprint density at radius 3 is 3.00 bits per heavy atom. The van der Waals surface area contributed by atoms with Gasteiger partial charge in [-0.15, -0.1) is 0 Å². The number of pyridine rings is 1. The summed E-state index contributed by atoms with van der Waals surface area (Å²) in [7, 11) is 1.81. The zero-order valence-electron chi connectivity index (χ0n) is 5.76. The minimum absolute atomic E-state index is 0.859. The summed E-state index contributed by atoms with van der Waals surface area (Å²) < 4.78 is 0. The van der Waals surface area contributed by atoms with Crippen LogP contribution in [0.5, 0.6) is 0 Å². The third kappa shape index (κ3) is 1.13. The molecule has 0 aliphatic heterocycles. The Bertz CT molecular complexity index is 232. The van der Waals surface area contributed by atoms with Crippen molar-refractivity contribution in [1.29, 1.82) is 5.41 Å². The molecule has 0 saturated heterocycles. The second-order valence-electron chi connectivity index (χ2n) is 1.86. The molecule has 0 spiro atoms. The molecule has 10 heavy (non-hydrogen) atoms. The lowest BCUT2D eigenvalue weighted by Gasteiger charge is -2.00. The van der Waals surface area contributed by atoms with E-state index in [1.165, 1.54) is 6.21 Å². The number of nitrogens with one attached hydrogen (secondary N) is 2. The Kier molecular flexibility index (Phi) is 1.99. The zero-order chi connectivity index (χ0) is 7.40. The summed E-state index contributed by atoms with van der Waals surface area (Å²) in [6, 6.07) is 1.79. The van der Waals surface area contributed by atoms with Gasteiger partial charge in [0.2, 0.25) is 0 Å². The van der Waals surface area contributed by atoms with Gasteiger partial charge in [0, 0.05) is 25.0 Å². The fourth-order valence-electron chi connectivity index (χ4n) is 0.740. The summed E-state index contributed by atoms with van der Waals surface area (Å²) in [5, 5.41) is 9.93. The lowest BCUT2D eigenvalue weighted by Crippen LogP contribution is -1.94. The van der Waals surface area contributed by atoms with E-state index in [2.05, 4.69) is 10.3 Å². The summed E-state index contributed by atoms with van der Waals surface area (Å²) >= 11 is 0. The molecule has 0 radical (unpaired) electrons. The van der Waals surface area contributed by atoms with E-state index in [-0.39, 0.29) is 0 Å². The maximum Gasteiger partial charge on any atom is 0.0613 e. The van der Waals surface area contributed by atoms with Crippen molar-refractivity contribution in [2.45, 2.75) is 0 Å². The van der Waals surface area contributed by atoms with Gasteiger partial charge in [-0.05, 0) is 6.07 Å². The number of nitrogens with zero attached hydrogens (tertiary/aromatic N) is 1. The first kappa shape index (κ1) is 6.74. The van der Waals surface area contributed by atoms with Gasteiger partial charge < -0.3 is 10.7 Å². The summed E-state index contributed by atoms with van der Waals surface area (Å²) in [6.07, 6.45) is 4.66. The average Bonchev–Trinajstić information content (AvgIpc) is 2.04. The minimum Gasteiger partial charge on any atom is -0.386 e. The van der Waals surface area contributed by atoms with Gasteiger partial charge in [-0.3, -0.25) is 4.98 Å². The standard InChI is InChI=1S/C7H9N3/c1-9-7-5-10-3-2-6(7)4-8/h2-5,8-9H,1H3. The molecule has 0 atom stereocenters. The van der Waals surface area contributed by atoms with Crippen molar-refractivity contribution < 1.29 is 0 Å². The highest BCUT2D eigenvalue weighted by atomic mass is 14.8. The van der Waals surface area contributed by atoms with Crippen LogP contribution in [-0.2, 0) is 0 Å². The molecule has 1 rings (SSSR count). The van der Waals surface area contributed by atoms with Crippen LogP contribution in [0, 0.1) is 5.41 Å². The van der Waals surface area contributed by atoms with Gasteiger partial charge in [-0.2, -0.15) is 0 Å². The Balaban J connectivity index is 3.08. The lowest BCUT2D eigenvalue weighted by molar-refractivity contribution is 1.30. The molecule has 0 aliphatic rings. The minimum atomic E-state index is 0.859. The molecule has 0 amide bonds. The second-order valence-corrected chi connectivity index (χ2v) is 1.86. The lowest BCUT2D eigenvalue weighted by atomic mass is 10.2. The van der Waals surface area contributed by atoms with Gasteiger partial charge in [0.1, 0.15) is 0 Å². The summed E-state index contributed by atoms with van der Waals surface area (Å²) in [5.74, 6) is 0. The maximum absolute atomic E-state index is 7.00. The van der Waals surface area contributed by atoms with E-state index >= 15 is 0 Å². The van der Waals surface area contributed by atoms with E-state index in [1.807, 2.05) is 7.05 Å². The van der Waals surface area contributed by atoms with Gasteiger partial charge in [0.15, 0.2) is 0 Å². The molecular weight excluding hydrogens is 126 g/mol. The zero-order valence-corrected chi connectivity index (χ0v) is 5.76. The molecule has 0 saturated carbocycles. The normalized spacial score (nSPS) is 8.90. The molecule has 0 aliphatic carbocycles. The number of rotatable bonds is 2. The monoisotopic (exact) mass is 135 g/mol. The maximum atomic E-state index is 7.00. The van der Waals surface area contributed by atoms with Crippen molar-refractivity contribution in [1.82, 2.24) is 4.98 Å². The van der Waals surface area contributed by atoms with Crippen molar-refractivity contribution in [3.8, 4) is 0 Å². The Morgan fingerprint density at radius 2 is 2.50 bits per heavy atom. The summed E-state index contributed by atoms with van der Waals surface area (Å²) in [6.45, 7) is 0. The number of hydrogen-bond acceptors (Lipinski definition) is 3. The molecule has 0 bridgehead atoms. The van der Waals surface area contributed by atoms with Crippen LogP contribution in [0.25, 0.3) is 0 Å². The number of aromatic nitrogens is 1. The van der Waals surface area contributed by atoms with Crippen LogP contribution >= 0.6 is 0 Å². The molecule has 2 N–H and O–H groups in total. The molecule has 3 nitrogen and oxygen atoms in total. The van der Waals surface area contributed by atoms with Crippen LogP contribution in [0.4, 0.5) is 5.69 Å². The Morgan fingerprint density at radius 1 is 1.70 bits per heavy atom. The average molecular weight is 135 g/mol. The number of hydrogen-bond donors (Lipinski definition) is 2. The van der Waals surface area contributed by atoms with Crippen molar-refractivity contribution in [3.63, 3.8) is 0 Å². The van der Waals surface area contributed by atoms with Gasteiger partial charge >= 0.3 is 0 Å². The smallest absolute Gasteiger partial charge is 0.0613 e. The van der Waals surface area contributed by atoms with Gasteiger partial charge in [-0.25, -0.2) is 0 Å². The largest absolute Gasteiger partial charge is 0.386 e. The fraction of sp³-hybridized carbons (Fsp3) is 0.143. The first-order valence-electron chi connectivity index (χ1n) is 3.00. The van der Waals surface area contributed by atoms with Crippen LogP contribution in [0.3, 0.4) is 0 Å². The van der Waals surface area contributed by atoms with Gasteiger partial charge in [0.05, 0.1) is 11.9 Å². The highest BCUT2D eigenvalue weighted by Crippen LogP contribution is 2.08. The molecule has 3 heteroatoms. The molecule has 1 aromatic rings. The molecular formula is C7H9N3. The quantitative estimate of drug-likeness (QED) is 0.597. The van der Waals surface area contributed by atoms with Crippen LogP contribution < -0.4 is 5.32 Å². The molecule has 1 heterocycles. The predicted octanol–water partition coefficient (Wildman–Crippen LogP) is 1.12. The molecule has 52 valence electrons. The van der Waals surface area contributed by atoms with Crippen molar-refractivity contribution >= 4 is 11.9 Å². The van der Waals surface area contributed by atoms with E-state index < -0.39 is 0 Å². The highest BCUT2D eigenvalue weighted by Gasteiger charge is 1.93. The van der Waals surface area contributed by atoms with Crippen LogP contribution in [0.1, 0.15) is 5.56 Å². The predicted molar refractivity (Wildman–Crippen MR) is 41.7 cm³/mol. The van der Waals surface area contributed by atoms with Gasteiger partial charge in [0.25, 0.3) is 0 Å². The van der Waals surface area contributed by atoms with E-state index in [1.54, 1.807) is 18.5 Å². The van der Waals surface area contributed by atoms with E-state index in [4.69, 9.17) is 5.41 Å². The third-order valence-corrected chi connectivity index (χ3v) is 1.28. The van der Waals surface area contributed by atoms with E-state index in [9.17, 15) is 0 Å². The van der Waals surface area contributed by atoms with E-state index in [0.717, 1.165) is 11.3 Å². The molecule has 0 fully saturated rings. The van der Waals surface area contributed by atoms with Crippen molar-refractivity contribution in [3.05, 3.63) is 24.0 Å². The van der Waals surface area contributed by atoms with E-state index in [0.29, 0.717) is 0 Å². The Labute approximate surface area is 59.6 Å². The summed E-state index contributed by atoms with van der Waals surface area (Å²) in [4.78, 5) is 3.90. The SMILES string of the molecule is CNc1cnccc1C=N. The van der Waals surface area contributed by atoms with Crippen molar-refractivity contribution in [2.24, 2.45) is 0 Å². The topological polar surface area (TPSA) is 48.8 Å². The fourth-order valence-corrected chi connectivity index (χ4v) is 0.740. The second kappa shape index (κ2) is 2.96. The molecule has 0 unspecified atom stereocenters. The summed E-state index contributed by atoms with van der Waals surface area (Å²) in [5.41, 5.74) is 1.75. The highest BCUT2D eigenvalue weighted by molar-refractivity contribution is 5.84. The van der Waals surface area contributed by atoms with Crippen LogP contribution in [0.2, 0.25) is 0 Å². The van der Waals surface area contributed by atoms with Gasteiger partial charge in [-0.1, -0.05) is 0 Å². The number of anilines is 1. The van der Waals surface area contributed by atoms with Crippen LogP contribution in [0.15, 0.2) is 18.5 Å². The molecule has 0 aromatic carbocycles. The molecule has 1 aromatic heterocycles. The Hall–Kier alpha value is -1.38. The first-order chi connectivity index (χ1) is 4.88. The van der Waals surface area contributed by atoms with Crippen LogP contribution in [-0.4, -0.2) is 18.2 Å². The first-order valence-corrected chi connectivity index (χ1v) is 3.00. The third-order valence-electron chi connectivity index (χ3n) is 1.28. The van der Waals surface area contributed by atoms with Crippen molar-refractivity contribution in [2.75, 3.05) is 12.4 Å².